The van der Waals surface area contributed by atoms with Crippen LogP contribution in [0.1, 0.15) is 17.5 Å². The van der Waals surface area contributed by atoms with Crippen molar-refractivity contribution in [3.05, 3.63) is 29.3 Å². The Labute approximate surface area is 108 Å². The Morgan fingerprint density at radius 1 is 1.47 bits per heavy atom. The van der Waals surface area contributed by atoms with E-state index >= 15 is 0 Å². The Morgan fingerprint density at radius 2 is 2.24 bits per heavy atom. The summed E-state index contributed by atoms with van der Waals surface area (Å²) >= 11 is 2.82. The number of nitrogens with zero attached hydrogens (tertiary/aromatic N) is 1. The first-order valence-electron chi connectivity index (χ1n) is 5.39. The third kappa shape index (κ3) is 2.66. The lowest BCUT2D eigenvalue weighted by atomic mass is 9.99. The molecule has 0 saturated heterocycles. The van der Waals surface area contributed by atoms with Crippen molar-refractivity contribution in [2.45, 2.75) is 19.4 Å². The molecule has 1 aromatic rings. The van der Waals surface area contributed by atoms with E-state index in [4.69, 9.17) is 0 Å². The van der Waals surface area contributed by atoms with Gasteiger partial charge in [-0.25, -0.2) is 0 Å². The number of nitrogens with one attached hydrogen (secondary N) is 1. The minimum atomic E-state index is -0.220. The molecule has 0 unspecified atom stereocenters. The maximum atomic E-state index is 11.5. The first-order valence-corrected chi connectivity index (χ1v) is 6.19. The molecule has 1 N–H and O–H groups in total. The summed E-state index contributed by atoms with van der Waals surface area (Å²) in [5.41, 5.74) is 3.17. The molecule has 0 aliphatic carbocycles. The minimum Gasteiger partial charge on any atom is -0.343 e. The Morgan fingerprint density at radius 3 is 2.94 bits per heavy atom. The summed E-state index contributed by atoms with van der Waals surface area (Å²) in [4.78, 5) is 23.7. The van der Waals surface area contributed by atoms with Gasteiger partial charge in [0, 0.05) is 41.6 Å². The average Bonchev–Trinajstić information content (AvgIpc) is 2.31. The monoisotopic (exact) mass is 296 g/mol. The molecular weight excluding hydrogens is 284 g/mol. The molecule has 2 rings (SSSR count). The van der Waals surface area contributed by atoms with Crippen LogP contribution in [0.2, 0.25) is 0 Å². The van der Waals surface area contributed by atoms with Gasteiger partial charge in [-0.1, -0.05) is 12.1 Å². The summed E-state index contributed by atoms with van der Waals surface area (Å²) in [6.45, 7) is 0.495. The largest absolute Gasteiger partial charge is 0.343 e. The Kier molecular flexibility index (Phi) is 3.47. The fourth-order valence-corrected chi connectivity index (χ4v) is 2.13. The first kappa shape index (κ1) is 12.1. The van der Waals surface area contributed by atoms with E-state index in [0.717, 1.165) is 23.2 Å². The number of aryl methyl sites for hydroxylation is 1. The molecule has 0 spiro atoms. The molecule has 1 aromatic carbocycles. The van der Waals surface area contributed by atoms with Crippen molar-refractivity contribution in [1.29, 1.82) is 0 Å². The normalized spacial score (nSPS) is 14.5. The van der Waals surface area contributed by atoms with Gasteiger partial charge < -0.3 is 10.2 Å². The molecule has 0 bridgehead atoms. The lowest BCUT2D eigenvalue weighted by Crippen LogP contribution is -2.31. The first-order chi connectivity index (χ1) is 8.08. The number of benzene rings is 1. The molecule has 90 valence electrons. The SMILES string of the molecule is CN1C(=O)CCc2cc(CNC(=O)Br)ccc21. The highest BCUT2D eigenvalue weighted by Gasteiger charge is 2.20. The smallest absolute Gasteiger partial charge is 0.287 e. The van der Waals surface area contributed by atoms with E-state index in [1.807, 2.05) is 18.2 Å². The van der Waals surface area contributed by atoms with Crippen LogP contribution in [0, 0.1) is 0 Å². The lowest BCUT2D eigenvalue weighted by molar-refractivity contribution is -0.118. The zero-order valence-corrected chi connectivity index (χ0v) is 11.1. The highest BCUT2D eigenvalue weighted by Crippen LogP contribution is 2.27. The molecule has 0 saturated carbocycles. The van der Waals surface area contributed by atoms with Crippen LogP contribution in [-0.4, -0.2) is 17.8 Å². The summed E-state index contributed by atoms with van der Waals surface area (Å²) in [6, 6.07) is 5.90. The fourth-order valence-electron chi connectivity index (χ4n) is 1.99. The van der Waals surface area contributed by atoms with Gasteiger partial charge in [0.2, 0.25) is 5.91 Å². The molecule has 0 atom stereocenters. The molecule has 0 fully saturated rings. The molecule has 1 aliphatic rings. The molecule has 1 aliphatic heterocycles. The van der Waals surface area contributed by atoms with Crippen molar-refractivity contribution in [2.24, 2.45) is 0 Å². The maximum absolute atomic E-state index is 11.5. The molecule has 2 amide bonds. The highest BCUT2D eigenvalue weighted by atomic mass is 79.9. The van der Waals surface area contributed by atoms with Crippen molar-refractivity contribution >= 4 is 32.3 Å². The second-order valence-corrected chi connectivity index (χ2v) is 4.76. The Hall–Kier alpha value is -1.36. The van der Waals surface area contributed by atoms with Crippen LogP contribution < -0.4 is 10.2 Å². The zero-order chi connectivity index (χ0) is 12.4. The van der Waals surface area contributed by atoms with Crippen molar-refractivity contribution in [3.63, 3.8) is 0 Å². The van der Waals surface area contributed by atoms with Crippen LogP contribution in [0.15, 0.2) is 18.2 Å². The molecule has 0 radical (unpaired) electrons. The molecular formula is C12H13BrN2O2. The van der Waals surface area contributed by atoms with Crippen LogP contribution in [0.25, 0.3) is 0 Å². The van der Waals surface area contributed by atoms with Gasteiger partial charge in [-0.2, -0.15) is 0 Å². The number of hydrogen-bond acceptors (Lipinski definition) is 2. The summed E-state index contributed by atoms with van der Waals surface area (Å²) in [5.74, 6) is 0.152. The fraction of sp³-hybridized carbons (Fsp3) is 0.333. The number of fused-ring (bicyclic) bond motifs is 1. The Balaban J connectivity index is 2.20. The van der Waals surface area contributed by atoms with Gasteiger partial charge in [-0.05, 0) is 23.6 Å². The van der Waals surface area contributed by atoms with Crippen molar-refractivity contribution < 1.29 is 9.59 Å². The van der Waals surface area contributed by atoms with Crippen LogP contribution in [0.3, 0.4) is 0 Å². The van der Waals surface area contributed by atoms with Gasteiger partial charge in [-0.3, -0.25) is 9.59 Å². The quantitative estimate of drug-likeness (QED) is 0.672. The number of anilines is 1. The van der Waals surface area contributed by atoms with Crippen molar-refractivity contribution in [1.82, 2.24) is 5.32 Å². The van der Waals surface area contributed by atoms with Crippen LogP contribution in [0.5, 0.6) is 0 Å². The summed E-state index contributed by atoms with van der Waals surface area (Å²) < 4.78 is 0. The van der Waals surface area contributed by atoms with Crippen molar-refractivity contribution in [3.8, 4) is 0 Å². The van der Waals surface area contributed by atoms with E-state index < -0.39 is 0 Å². The lowest BCUT2D eigenvalue weighted by Gasteiger charge is -2.26. The number of halogens is 1. The van der Waals surface area contributed by atoms with Crippen LogP contribution >= 0.6 is 15.9 Å². The van der Waals surface area contributed by atoms with E-state index in [-0.39, 0.29) is 10.7 Å². The molecule has 17 heavy (non-hydrogen) atoms. The molecule has 5 heteroatoms. The molecule has 1 heterocycles. The van der Waals surface area contributed by atoms with E-state index in [0.29, 0.717) is 13.0 Å². The second kappa shape index (κ2) is 4.87. The van der Waals surface area contributed by atoms with Crippen LogP contribution in [0.4, 0.5) is 10.5 Å². The van der Waals surface area contributed by atoms with E-state index in [9.17, 15) is 9.59 Å². The number of hydrogen-bond donors (Lipinski definition) is 1. The van der Waals surface area contributed by atoms with Gasteiger partial charge in [0.05, 0.1) is 0 Å². The van der Waals surface area contributed by atoms with Crippen LogP contribution in [-0.2, 0) is 17.8 Å². The summed E-state index contributed by atoms with van der Waals surface area (Å²) in [5, 5.41) is 2.69. The van der Waals surface area contributed by atoms with Crippen molar-refractivity contribution in [2.75, 3.05) is 11.9 Å². The predicted octanol–water partition coefficient (Wildman–Crippen LogP) is 2.20. The van der Waals surface area contributed by atoms with Gasteiger partial charge in [0.25, 0.3) is 4.82 Å². The highest BCUT2D eigenvalue weighted by molar-refractivity contribution is 9.18. The third-order valence-electron chi connectivity index (χ3n) is 2.92. The van der Waals surface area contributed by atoms with Gasteiger partial charge >= 0.3 is 0 Å². The average molecular weight is 297 g/mol. The van der Waals surface area contributed by atoms with E-state index in [2.05, 4.69) is 21.2 Å². The number of carbonyl (C=O) groups excluding carboxylic acids is 2. The van der Waals surface area contributed by atoms with Gasteiger partial charge in [0.1, 0.15) is 0 Å². The number of amides is 2. The Bertz CT molecular complexity index is 474. The summed E-state index contributed by atoms with van der Waals surface area (Å²) in [6.07, 6.45) is 1.33. The maximum Gasteiger partial charge on any atom is 0.287 e. The van der Waals surface area contributed by atoms with E-state index in [1.165, 1.54) is 0 Å². The third-order valence-corrected chi connectivity index (χ3v) is 3.20. The number of rotatable bonds is 2. The van der Waals surface area contributed by atoms with Gasteiger partial charge in [-0.15, -0.1) is 0 Å². The topological polar surface area (TPSA) is 49.4 Å². The minimum absolute atomic E-state index is 0.152. The van der Waals surface area contributed by atoms with E-state index in [1.54, 1.807) is 11.9 Å². The zero-order valence-electron chi connectivity index (χ0n) is 9.50. The second-order valence-electron chi connectivity index (χ2n) is 4.04. The molecule has 0 aromatic heterocycles. The number of carbonyl (C=O) groups is 2. The predicted molar refractivity (Wildman–Crippen MR) is 69.3 cm³/mol. The molecule has 4 nitrogen and oxygen atoms in total. The standard InChI is InChI=1S/C12H13BrN2O2/c1-15-10-4-2-8(7-14-12(13)17)6-9(10)3-5-11(15)16/h2,4,6H,3,5,7H2,1H3,(H,14,17). The summed E-state index contributed by atoms with van der Waals surface area (Å²) in [7, 11) is 1.79. The van der Waals surface area contributed by atoms with Gasteiger partial charge in [0.15, 0.2) is 0 Å².